The highest BCUT2D eigenvalue weighted by Crippen LogP contribution is 2.45. The van der Waals surface area contributed by atoms with Gasteiger partial charge in [0.2, 0.25) is 11.8 Å². The van der Waals surface area contributed by atoms with Crippen LogP contribution in [-0.2, 0) is 9.59 Å². The molecule has 2 aliphatic rings. The fourth-order valence-corrected chi connectivity index (χ4v) is 4.66. The van der Waals surface area contributed by atoms with Crippen LogP contribution in [-0.4, -0.2) is 41.1 Å². The SMILES string of the molecule is O=C1CC2(CCCCC2)CC(=O)N1CC(O)COc1cccc2ccccc12. The van der Waals surface area contributed by atoms with Gasteiger partial charge in [0.25, 0.3) is 0 Å². The monoisotopic (exact) mass is 381 g/mol. The van der Waals surface area contributed by atoms with Crippen LogP contribution in [0.1, 0.15) is 44.9 Å². The van der Waals surface area contributed by atoms with Gasteiger partial charge in [-0.25, -0.2) is 0 Å². The molecule has 2 aromatic carbocycles. The number of aliphatic hydroxyl groups is 1. The molecule has 5 nitrogen and oxygen atoms in total. The van der Waals surface area contributed by atoms with E-state index in [4.69, 9.17) is 4.74 Å². The second-order valence-electron chi connectivity index (χ2n) is 8.25. The molecule has 1 N–H and O–H groups in total. The largest absolute Gasteiger partial charge is 0.490 e. The summed E-state index contributed by atoms with van der Waals surface area (Å²) in [6, 6.07) is 13.7. The van der Waals surface area contributed by atoms with Crippen LogP contribution in [0.15, 0.2) is 42.5 Å². The van der Waals surface area contributed by atoms with Crippen molar-refractivity contribution in [3.63, 3.8) is 0 Å². The lowest BCUT2D eigenvalue weighted by Gasteiger charge is -2.42. The van der Waals surface area contributed by atoms with Crippen molar-refractivity contribution >= 4 is 22.6 Å². The summed E-state index contributed by atoms with van der Waals surface area (Å²) in [6.45, 7) is 0.0364. The number of fused-ring (bicyclic) bond motifs is 1. The molecule has 2 fully saturated rings. The molecule has 1 spiro atoms. The summed E-state index contributed by atoms with van der Waals surface area (Å²) >= 11 is 0. The number of nitrogens with zero attached hydrogens (tertiary/aromatic N) is 1. The first kappa shape index (κ1) is 18.9. The Kier molecular flexibility index (Phi) is 5.36. The summed E-state index contributed by atoms with van der Waals surface area (Å²) in [5.41, 5.74) is -0.132. The number of β-amino-alcohol motifs (C(OH)–C–C–N with tert-alkyl or cyclic N) is 1. The quantitative estimate of drug-likeness (QED) is 0.803. The highest BCUT2D eigenvalue weighted by Gasteiger charge is 2.44. The van der Waals surface area contributed by atoms with E-state index in [0.717, 1.165) is 36.5 Å². The van der Waals surface area contributed by atoms with Gasteiger partial charge in [0, 0.05) is 18.2 Å². The van der Waals surface area contributed by atoms with E-state index in [-0.39, 0.29) is 30.4 Å². The molecule has 4 rings (SSSR count). The number of benzene rings is 2. The number of amides is 2. The van der Waals surface area contributed by atoms with E-state index in [0.29, 0.717) is 18.6 Å². The summed E-state index contributed by atoms with van der Waals surface area (Å²) in [5.74, 6) is 0.388. The lowest BCUT2D eigenvalue weighted by molar-refractivity contribution is -0.156. The number of likely N-dealkylation sites (tertiary alicyclic amines) is 1. The molecular weight excluding hydrogens is 354 g/mol. The molecule has 1 aliphatic heterocycles. The average molecular weight is 381 g/mol. The van der Waals surface area contributed by atoms with Crippen molar-refractivity contribution < 1.29 is 19.4 Å². The summed E-state index contributed by atoms with van der Waals surface area (Å²) in [7, 11) is 0. The fourth-order valence-electron chi connectivity index (χ4n) is 4.66. The van der Waals surface area contributed by atoms with E-state index in [1.54, 1.807) is 0 Å². The smallest absolute Gasteiger partial charge is 0.229 e. The third-order valence-corrected chi connectivity index (χ3v) is 6.14. The maximum Gasteiger partial charge on any atom is 0.229 e. The van der Waals surface area contributed by atoms with Gasteiger partial charge in [-0.1, -0.05) is 55.7 Å². The van der Waals surface area contributed by atoms with Crippen LogP contribution < -0.4 is 4.74 Å². The van der Waals surface area contributed by atoms with Crippen LogP contribution in [0.2, 0.25) is 0 Å². The second-order valence-corrected chi connectivity index (χ2v) is 8.25. The Labute approximate surface area is 165 Å². The van der Waals surface area contributed by atoms with Gasteiger partial charge in [0.1, 0.15) is 18.5 Å². The summed E-state index contributed by atoms with van der Waals surface area (Å²) in [5, 5.41) is 12.4. The minimum atomic E-state index is -0.910. The van der Waals surface area contributed by atoms with Gasteiger partial charge >= 0.3 is 0 Å². The van der Waals surface area contributed by atoms with Crippen molar-refractivity contribution in [2.75, 3.05) is 13.2 Å². The van der Waals surface area contributed by atoms with E-state index >= 15 is 0 Å². The summed E-state index contributed by atoms with van der Waals surface area (Å²) in [4.78, 5) is 26.5. The molecule has 5 heteroatoms. The van der Waals surface area contributed by atoms with Crippen LogP contribution in [0.4, 0.5) is 0 Å². The zero-order valence-corrected chi connectivity index (χ0v) is 16.1. The summed E-state index contributed by atoms with van der Waals surface area (Å²) in [6.07, 6.45) is 5.26. The van der Waals surface area contributed by atoms with Gasteiger partial charge in [-0.15, -0.1) is 0 Å². The third-order valence-electron chi connectivity index (χ3n) is 6.14. The number of carbonyl (C=O) groups is 2. The topological polar surface area (TPSA) is 66.8 Å². The number of imide groups is 1. The van der Waals surface area contributed by atoms with Crippen molar-refractivity contribution in [2.24, 2.45) is 5.41 Å². The van der Waals surface area contributed by atoms with Crippen molar-refractivity contribution in [1.82, 2.24) is 4.90 Å². The maximum atomic E-state index is 12.6. The Balaban J connectivity index is 1.36. The number of ether oxygens (including phenoxy) is 1. The minimum absolute atomic E-state index is 0.00148. The number of carbonyl (C=O) groups excluding carboxylic acids is 2. The molecule has 28 heavy (non-hydrogen) atoms. The highest BCUT2D eigenvalue weighted by atomic mass is 16.5. The Morgan fingerprint density at radius 1 is 0.964 bits per heavy atom. The molecule has 1 atom stereocenters. The minimum Gasteiger partial charge on any atom is -0.490 e. The van der Waals surface area contributed by atoms with Crippen LogP contribution in [0, 0.1) is 5.41 Å². The second kappa shape index (κ2) is 7.92. The van der Waals surface area contributed by atoms with Crippen molar-refractivity contribution in [3.05, 3.63) is 42.5 Å². The van der Waals surface area contributed by atoms with Crippen LogP contribution in [0.25, 0.3) is 10.8 Å². The standard InChI is InChI=1S/C23H27NO4/c25-18(16-28-20-10-6-8-17-7-2-3-9-19(17)20)15-24-21(26)13-23(14-22(24)27)11-4-1-5-12-23/h2-3,6-10,18,25H,1,4-5,11-16H2. The molecular formula is C23H27NO4. The van der Waals surface area contributed by atoms with Gasteiger partial charge in [-0.3, -0.25) is 14.5 Å². The fraction of sp³-hybridized carbons (Fsp3) is 0.478. The Bertz CT molecular complexity index is 847. The Morgan fingerprint density at radius 3 is 2.39 bits per heavy atom. The number of piperidine rings is 1. The predicted molar refractivity (Wildman–Crippen MR) is 107 cm³/mol. The van der Waals surface area contributed by atoms with E-state index < -0.39 is 6.10 Å². The number of rotatable bonds is 5. The van der Waals surface area contributed by atoms with Crippen LogP contribution >= 0.6 is 0 Å². The zero-order chi connectivity index (χ0) is 19.6. The molecule has 0 radical (unpaired) electrons. The number of hydrogen-bond acceptors (Lipinski definition) is 4. The van der Waals surface area contributed by atoms with E-state index in [9.17, 15) is 14.7 Å². The van der Waals surface area contributed by atoms with E-state index in [1.165, 1.54) is 11.3 Å². The van der Waals surface area contributed by atoms with Gasteiger partial charge < -0.3 is 9.84 Å². The maximum absolute atomic E-state index is 12.6. The molecule has 0 aromatic heterocycles. The van der Waals surface area contributed by atoms with Gasteiger partial charge in [-0.2, -0.15) is 0 Å². The normalized spacial score (nSPS) is 20.5. The lowest BCUT2D eigenvalue weighted by atomic mass is 9.67. The Morgan fingerprint density at radius 2 is 1.64 bits per heavy atom. The lowest BCUT2D eigenvalue weighted by Crippen LogP contribution is -2.51. The van der Waals surface area contributed by atoms with E-state index in [1.807, 2.05) is 42.5 Å². The third kappa shape index (κ3) is 3.90. The molecule has 1 unspecified atom stereocenters. The van der Waals surface area contributed by atoms with Crippen LogP contribution in [0.3, 0.4) is 0 Å². The molecule has 148 valence electrons. The number of aliphatic hydroxyl groups excluding tert-OH is 1. The van der Waals surface area contributed by atoms with Crippen LogP contribution in [0.5, 0.6) is 5.75 Å². The molecule has 2 aromatic rings. The first-order chi connectivity index (χ1) is 13.6. The van der Waals surface area contributed by atoms with Gasteiger partial charge in [0.05, 0.1) is 6.54 Å². The van der Waals surface area contributed by atoms with Crippen molar-refractivity contribution in [3.8, 4) is 5.75 Å². The first-order valence-corrected chi connectivity index (χ1v) is 10.2. The number of hydrogen-bond donors (Lipinski definition) is 1. The van der Waals surface area contributed by atoms with Gasteiger partial charge in [-0.05, 0) is 29.7 Å². The van der Waals surface area contributed by atoms with Gasteiger partial charge in [0.15, 0.2) is 0 Å². The Hall–Kier alpha value is -2.40. The molecule has 2 amide bonds. The highest BCUT2D eigenvalue weighted by molar-refractivity contribution is 5.98. The molecule has 1 aliphatic carbocycles. The molecule has 1 saturated carbocycles. The molecule has 0 bridgehead atoms. The zero-order valence-electron chi connectivity index (χ0n) is 16.1. The average Bonchev–Trinajstić information content (AvgIpc) is 2.70. The first-order valence-electron chi connectivity index (χ1n) is 10.2. The molecule has 1 heterocycles. The van der Waals surface area contributed by atoms with E-state index in [2.05, 4.69) is 0 Å². The molecule has 1 saturated heterocycles. The van der Waals surface area contributed by atoms with Crippen molar-refractivity contribution in [2.45, 2.75) is 51.0 Å². The summed E-state index contributed by atoms with van der Waals surface area (Å²) < 4.78 is 5.80. The van der Waals surface area contributed by atoms with Crippen molar-refractivity contribution in [1.29, 1.82) is 0 Å². The predicted octanol–water partition coefficient (Wildman–Crippen LogP) is 3.68.